The van der Waals surface area contributed by atoms with E-state index in [0.29, 0.717) is 11.7 Å². The van der Waals surface area contributed by atoms with Gasteiger partial charge in [0.25, 0.3) is 0 Å². The number of rotatable bonds is 6. The van der Waals surface area contributed by atoms with Crippen LogP contribution in [0.5, 0.6) is 0 Å². The number of anilines is 1. The molecule has 0 aliphatic carbocycles. The number of nitrogens with zero attached hydrogens (tertiary/aromatic N) is 3. The van der Waals surface area contributed by atoms with Gasteiger partial charge in [0.2, 0.25) is 0 Å². The van der Waals surface area contributed by atoms with Gasteiger partial charge in [-0.2, -0.15) is 5.10 Å². The summed E-state index contributed by atoms with van der Waals surface area (Å²) >= 11 is 6.83. The van der Waals surface area contributed by atoms with Gasteiger partial charge in [-0.3, -0.25) is 5.43 Å². The Morgan fingerprint density at radius 3 is 2.81 bits per heavy atom. The molecule has 1 aliphatic heterocycles. The average Bonchev–Trinajstić information content (AvgIpc) is 3.12. The number of nitrogens with one attached hydrogen (secondary N) is 2. The Morgan fingerprint density at radius 1 is 1.37 bits per heavy atom. The van der Waals surface area contributed by atoms with E-state index in [0.717, 1.165) is 53.1 Å². The molecule has 142 valence electrons. The first-order valence-electron chi connectivity index (χ1n) is 8.73. The van der Waals surface area contributed by atoms with Crippen LogP contribution in [0.2, 0.25) is 0 Å². The Bertz CT molecular complexity index is 813. The fraction of sp³-hybridized carbons (Fsp3) is 0.316. The average molecular weight is 402 g/mol. The highest BCUT2D eigenvalue weighted by Gasteiger charge is 2.18. The van der Waals surface area contributed by atoms with Gasteiger partial charge in [-0.15, -0.1) is 0 Å². The van der Waals surface area contributed by atoms with Gasteiger partial charge in [0, 0.05) is 25.2 Å². The molecule has 1 saturated heterocycles. The van der Waals surface area contributed by atoms with Gasteiger partial charge in [-0.05, 0) is 19.1 Å². The molecule has 0 bridgehead atoms. The zero-order valence-corrected chi connectivity index (χ0v) is 16.9. The molecule has 0 amide bonds. The summed E-state index contributed by atoms with van der Waals surface area (Å²) in [5.74, 6) is 0. The number of ether oxygens (including phenoxy) is 1. The van der Waals surface area contributed by atoms with E-state index in [1.165, 1.54) is 0 Å². The van der Waals surface area contributed by atoms with Crippen LogP contribution in [0.15, 0.2) is 47.6 Å². The molecular weight excluding hydrogens is 378 g/mol. The van der Waals surface area contributed by atoms with Crippen molar-refractivity contribution in [3.63, 3.8) is 0 Å². The molecule has 27 heavy (non-hydrogen) atoms. The van der Waals surface area contributed by atoms with E-state index in [-0.39, 0.29) is 0 Å². The normalized spacial score (nSPS) is 14.3. The van der Waals surface area contributed by atoms with E-state index >= 15 is 0 Å². The van der Waals surface area contributed by atoms with Gasteiger partial charge in [-0.25, -0.2) is 4.98 Å². The van der Waals surface area contributed by atoms with Crippen molar-refractivity contribution in [3.8, 4) is 11.3 Å². The third kappa shape index (κ3) is 5.59. The predicted octanol–water partition coefficient (Wildman–Crippen LogP) is 3.02. The summed E-state index contributed by atoms with van der Waals surface area (Å²) in [6, 6.07) is 10.1. The molecule has 1 aromatic carbocycles. The zero-order valence-electron chi connectivity index (χ0n) is 15.3. The summed E-state index contributed by atoms with van der Waals surface area (Å²) in [4.78, 5) is 8.11. The van der Waals surface area contributed by atoms with E-state index in [9.17, 15) is 0 Å². The first-order chi connectivity index (χ1) is 13.1. The summed E-state index contributed by atoms with van der Waals surface area (Å²) in [5.41, 5.74) is 5.85. The Kier molecular flexibility index (Phi) is 6.92. The van der Waals surface area contributed by atoms with Gasteiger partial charge in [-0.1, -0.05) is 53.8 Å². The highest BCUT2D eigenvalue weighted by atomic mass is 32.1. The SMILES string of the molecule is C=C(C)CNC(=S)N/N=C\c1sc(N2CCOCC2)nc1-c1ccccc1. The highest BCUT2D eigenvalue weighted by Crippen LogP contribution is 2.32. The van der Waals surface area contributed by atoms with E-state index in [2.05, 4.69) is 39.5 Å². The Hall–Kier alpha value is -2.29. The van der Waals surface area contributed by atoms with Gasteiger partial charge in [0.1, 0.15) is 0 Å². The monoisotopic (exact) mass is 401 g/mol. The number of hydrogen-bond acceptors (Lipinski definition) is 6. The maximum Gasteiger partial charge on any atom is 0.187 e. The summed E-state index contributed by atoms with van der Waals surface area (Å²) in [6.07, 6.45) is 1.78. The van der Waals surface area contributed by atoms with Gasteiger partial charge in [0.05, 0.1) is 30.0 Å². The summed E-state index contributed by atoms with van der Waals surface area (Å²) in [6.45, 7) is 9.57. The van der Waals surface area contributed by atoms with Crippen LogP contribution in [0.4, 0.5) is 5.13 Å². The van der Waals surface area contributed by atoms with Crippen LogP contribution in [0.25, 0.3) is 11.3 Å². The number of thiazole rings is 1. The second kappa shape index (κ2) is 9.59. The molecule has 3 rings (SSSR count). The van der Waals surface area contributed by atoms with Crippen molar-refractivity contribution in [2.45, 2.75) is 6.92 Å². The van der Waals surface area contributed by atoms with Crippen LogP contribution < -0.4 is 15.6 Å². The van der Waals surface area contributed by atoms with Crippen LogP contribution in [0, 0.1) is 0 Å². The van der Waals surface area contributed by atoms with Gasteiger partial charge >= 0.3 is 0 Å². The summed E-state index contributed by atoms with van der Waals surface area (Å²) in [7, 11) is 0. The second-order valence-electron chi connectivity index (χ2n) is 6.18. The molecule has 0 saturated carbocycles. The van der Waals surface area contributed by atoms with Crippen LogP contribution in [-0.4, -0.2) is 49.2 Å². The lowest BCUT2D eigenvalue weighted by Gasteiger charge is -2.26. The van der Waals surface area contributed by atoms with Crippen LogP contribution in [0.3, 0.4) is 0 Å². The number of thiocarbonyl (C=S) groups is 1. The first kappa shape index (κ1) is 19.5. The van der Waals surface area contributed by atoms with Crippen molar-refractivity contribution in [1.29, 1.82) is 0 Å². The van der Waals surface area contributed by atoms with Crippen molar-refractivity contribution in [2.24, 2.45) is 5.10 Å². The number of hydrogen-bond donors (Lipinski definition) is 2. The number of aromatic nitrogens is 1. The molecule has 2 heterocycles. The molecule has 0 spiro atoms. The van der Waals surface area contributed by atoms with E-state index in [1.807, 2.05) is 25.1 Å². The standard InChI is InChI=1S/C19H23N5OS2/c1-14(2)12-20-18(26)23-21-13-16-17(15-6-4-3-5-7-15)22-19(27-16)24-8-10-25-11-9-24/h3-7,13H,1,8-12H2,2H3,(H2,20,23,26)/b21-13-. The lowest BCUT2D eigenvalue weighted by Crippen LogP contribution is -2.36. The van der Waals surface area contributed by atoms with E-state index in [4.69, 9.17) is 21.9 Å². The molecule has 0 radical (unpaired) electrons. The largest absolute Gasteiger partial charge is 0.378 e. The third-order valence-corrected chi connectivity index (χ3v) is 5.16. The zero-order chi connectivity index (χ0) is 19.1. The third-order valence-electron chi connectivity index (χ3n) is 3.87. The molecule has 2 aromatic rings. The fourth-order valence-corrected chi connectivity index (χ4v) is 3.66. The van der Waals surface area contributed by atoms with E-state index < -0.39 is 0 Å². The number of hydrazone groups is 1. The second-order valence-corrected chi connectivity index (χ2v) is 7.60. The topological polar surface area (TPSA) is 61.8 Å². The Morgan fingerprint density at radius 2 is 2.11 bits per heavy atom. The van der Waals surface area contributed by atoms with Gasteiger partial charge < -0.3 is 15.0 Å². The maximum absolute atomic E-state index is 5.45. The van der Waals surface area contributed by atoms with Crippen molar-refractivity contribution in [3.05, 3.63) is 47.4 Å². The molecule has 0 unspecified atom stereocenters. The van der Waals surface area contributed by atoms with Crippen molar-refractivity contribution < 1.29 is 4.74 Å². The molecule has 6 nitrogen and oxygen atoms in total. The summed E-state index contributed by atoms with van der Waals surface area (Å²) in [5, 5.41) is 8.78. The van der Waals surface area contributed by atoms with Crippen molar-refractivity contribution in [1.82, 2.24) is 15.7 Å². The van der Waals surface area contributed by atoms with Crippen molar-refractivity contribution in [2.75, 3.05) is 37.7 Å². The van der Waals surface area contributed by atoms with E-state index in [1.54, 1.807) is 17.6 Å². The molecule has 8 heteroatoms. The Balaban J connectivity index is 1.77. The van der Waals surface area contributed by atoms with Crippen molar-refractivity contribution >= 4 is 40.0 Å². The van der Waals surface area contributed by atoms with Gasteiger partial charge in [0.15, 0.2) is 10.2 Å². The number of benzene rings is 1. The number of morpholine rings is 1. The van der Waals surface area contributed by atoms with Crippen LogP contribution >= 0.6 is 23.6 Å². The first-order valence-corrected chi connectivity index (χ1v) is 9.96. The van der Waals surface area contributed by atoms with Crippen LogP contribution in [0.1, 0.15) is 11.8 Å². The molecule has 2 N–H and O–H groups in total. The lowest BCUT2D eigenvalue weighted by molar-refractivity contribution is 0.122. The quantitative estimate of drug-likeness (QED) is 0.336. The predicted molar refractivity (Wildman–Crippen MR) is 117 cm³/mol. The Labute approximate surface area is 168 Å². The lowest BCUT2D eigenvalue weighted by atomic mass is 10.1. The molecule has 1 fully saturated rings. The highest BCUT2D eigenvalue weighted by molar-refractivity contribution is 7.80. The molecule has 1 aromatic heterocycles. The fourth-order valence-electron chi connectivity index (χ4n) is 2.52. The summed E-state index contributed by atoms with van der Waals surface area (Å²) < 4.78 is 5.45. The molecule has 1 aliphatic rings. The molecular formula is C19H23N5OS2. The maximum atomic E-state index is 5.45. The minimum Gasteiger partial charge on any atom is -0.378 e. The minimum absolute atomic E-state index is 0.466. The smallest absolute Gasteiger partial charge is 0.187 e. The minimum atomic E-state index is 0.466. The molecule has 0 atom stereocenters. The van der Waals surface area contributed by atoms with Crippen LogP contribution in [-0.2, 0) is 4.74 Å².